The third-order valence-electron chi connectivity index (χ3n) is 4.18. The van der Waals surface area contributed by atoms with Crippen molar-refractivity contribution in [3.05, 3.63) is 71.8 Å². The lowest BCUT2D eigenvalue weighted by Gasteiger charge is -2.15. The van der Waals surface area contributed by atoms with Crippen LogP contribution in [-0.4, -0.2) is 22.0 Å². The lowest BCUT2D eigenvalue weighted by molar-refractivity contribution is -0.129. The van der Waals surface area contributed by atoms with Gasteiger partial charge in [0.25, 0.3) is 6.47 Å². The Kier molecular flexibility index (Phi) is 5.23. The highest BCUT2D eigenvalue weighted by Gasteiger charge is 2.20. The van der Waals surface area contributed by atoms with Gasteiger partial charge < -0.3 is 9.47 Å². The average Bonchev–Trinajstić information content (AvgIpc) is 2.67. The number of sulfone groups is 1. The molecule has 0 heterocycles. The number of hydrogen-bond donors (Lipinski definition) is 0. The number of carbonyl (C=O) groups excluding carboxylic acids is 1. The topological polar surface area (TPSA) is 69.7 Å². The number of rotatable bonds is 7. The second-order valence-electron chi connectivity index (χ2n) is 5.74. The number of ether oxygens (including phenoxy) is 2. The van der Waals surface area contributed by atoms with Gasteiger partial charge in [-0.3, -0.25) is 4.79 Å². The van der Waals surface area contributed by atoms with Crippen LogP contribution in [-0.2, 0) is 31.7 Å². The molecule has 26 heavy (non-hydrogen) atoms. The maximum absolute atomic E-state index is 12.8. The summed E-state index contributed by atoms with van der Waals surface area (Å²) in [6.07, 6.45) is 0. The number of carbonyl (C=O) groups is 1. The van der Waals surface area contributed by atoms with E-state index in [2.05, 4.69) is 0 Å². The zero-order chi connectivity index (χ0) is 18.6. The third-order valence-corrected chi connectivity index (χ3v) is 5.86. The fraction of sp³-hybridized carbons (Fsp3) is 0.150. The normalized spacial score (nSPS) is 11.3. The summed E-state index contributed by atoms with van der Waals surface area (Å²) in [6, 6.07) is 17.4. The van der Waals surface area contributed by atoms with Crippen LogP contribution >= 0.6 is 0 Å². The van der Waals surface area contributed by atoms with Gasteiger partial charge in [0.2, 0.25) is 0 Å². The molecule has 0 radical (unpaired) electrons. The Hall–Kier alpha value is -2.86. The van der Waals surface area contributed by atoms with Crippen LogP contribution in [0.4, 0.5) is 0 Å². The molecule has 5 nitrogen and oxygen atoms in total. The van der Waals surface area contributed by atoms with Crippen molar-refractivity contribution in [2.24, 2.45) is 0 Å². The second-order valence-corrected chi connectivity index (χ2v) is 7.73. The highest BCUT2D eigenvalue weighted by atomic mass is 32.2. The molecule has 0 saturated heterocycles. The summed E-state index contributed by atoms with van der Waals surface area (Å²) in [5, 5.41) is 1.63. The Morgan fingerprint density at radius 1 is 0.962 bits per heavy atom. The van der Waals surface area contributed by atoms with Crippen LogP contribution in [0.3, 0.4) is 0 Å². The molecule has 0 unspecified atom stereocenters. The van der Waals surface area contributed by atoms with Gasteiger partial charge >= 0.3 is 0 Å². The van der Waals surface area contributed by atoms with Crippen LogP contribution in [0, 0.1) is 0 Å². The second kappa shape index (κ2) is 7.58. The minimum Gasteiger partial charge on any atom is -0.496 e. The monoisotopic (exact) mass is 370 g/mol. The Bertz CT molecular complexity index is 1030. The van der Waals surface area contributed by atoms with Crippen LogP contribution < -0.4 is 4.74 Å². The molecule has 0 saturated carbocycles. The minimum absolute atomic E-state index is 0.0269. The standard InChI is InChI=1S/C20H18O5S/c1-24-19-9-5-6-15-10-11-16(18(20(15)19)12-25-14-21)13-26(22,23)17-7-3-2-4-8-17/h2-11,14H,12-13H2,1H3. The quantitative estimate of drug-likeness (QED) is 0.596. The maximum atomic E-state index is 12.8. The van der Waals surface area contributed by atoms with Crippen molar-refractivity contribution in [2.75, 3.05) is 7.11 Å². The Morgan fingerprint density at radius 3 is 2.42 bits per heavy atom. The van der Waals surface area contributed by atoms with Crippen LogP contribution in [0.25, 0.3) is 10.8 Å². The molecule has 0 spiro atoms. The third kappa shape index (κ3) is 3.55. The minimum atomic E-state index is -3.53. The molecule has 0 aromatic heterocycles. The molecular formula is C20H18O5S. The zero-order valence-electron chi connectivity index (χ0n) is 14.2. The zero-order valence-corrected chi connectivity index (χ0v) is 15.0. The summed E-state index contributed by atoms with van der Waals surface area (Å²) in [7, 11) is -1.99. The van der Waals surface area contributed by atoms with Crippen molar-refractivity contribution >= 4 is 27.1 Å². The van der Waals surface area contributed by atoms with Gasteiger partial charge in [0.05, 0.1) is 17.8 Å². The first-order valence-electron chi connectivity index (χ1n) is 7.97. The summed E-state index contributed by atoms with van der Waals surface area (Å²) < 4.78 is 35.9. The Balaban J connectivity index is 2.14. The molecule has 0 aliphatic carbocycles. The molecule has 3 rings (SSSR count). The molecule has 0 amide bonds. The molecular weight excluding hydrogens is 352 g/mol. The number of methoxy groups -OCH3 is 1. The van der Waals surface area contributed by atoms with Gasteiger partial charge in [-0.1, -0.05) is 42.5 Å². The highest BCUT2D eigenvalue weighted by Crippen LogP contribution is 2.33. The van der Waals surface area contributed by atoms with E-state index < -0.39 is 9.84 Å². The van der Waals surface area contributed by atoms with Crippen molar-refractivity contribution in [3.63, 3.8) is 0 Å². The van der Waals surface area contributed by atoms with Crippen molar-refractivity contribution < 1.29 is 22.7 Å². The first kappa shape index (κ1) is 17.9. The summed E-state index contributed by atoms with van der Waals surface area (Å²) in [5.41, 5.74) is 1.21. The first-order valence-corrected chi connectivity index (χ1v) is 9.62. The van der Waals surface area contributed by atoms with Crippen LogP contribution in [0.2, 0.25) is 0 Å². The predicted molar refractivity (Wildman–Crippen MR) is 98.7 cm³/mol. The molecule has 3 aromatic rings. The van der Waals surface area contributed by atoms with Gasteiger partial charge in [0, 0.05) is 10.9 Å². The first-order chi connectivity index (χ1) is 12.6. The van der Waals surface area contributed by atoms with Gasteiger partial charge in [-0.25, -0.2) is 8.42 Å². The molecule has 0 atom stereocenters. The lowest BCUT2D eigenvalue weighted by atomic mass is 9.99. The van der Waals surface area contributed by atoms with E-state index in [1.54, 1.807) is 49.6 Å². The van der Waals surface area contributed by atoms with E-state index in [9.17, 15) is 13.2 Å². The van der Waals surface area contributed by atoms with Crippen LogP contribution in [0.15, 0.2) is 65.6 Å². The van der Waals surface area contributed by atoms with E-state index in [-0.39, 0.29) is 17.3 Å². The maximum Gasteiger partial charge on any atom is 0.293 e. The molecule has 0 fully saturated rings. The largest absolute Gasteiger partial charge is 0.496 e. The van der Waals surface area contributed by atoms with Crippen LogP contribution in [0.1, 0.15) is 11.1 Å². The van der Waals surface area contributed by atoms with Gasteiger partial charge in [0.15, 0.2) is 9.84 Å². The van der Waals surface area contributed by atoms with Crippen molar-refractivity contribution in [1.82, 2.24) is 0 Å². The summed E-state index contributed by atoms with van der Waals surface area (Å²) >= 11 is 0. The molecule has 0 N–H and O–H groups in total. The van der Waals surface area contributed by atoms with E-state index in [0.717, 1.165) is 10.8 Å². The SMILES string of the molecule is COc1cccc2ccc(CS(=O)(=O)c3ccccc3)c(COC=O)c12. The van der Waals surface area contributed by atoms with E-state index in [1.165, 1.54) is 0 Å². The van der Waals surface area contributed by atoms with E-state index in [1.807, 2.05) is 18.2 Å². The van der Waals surface area contributed by atoms with E-state index in [0.29, 0.717) is 23.3 Å². The highest BCUT2D eigenvalue weighted by molar-refractivity contribution is 7.90. The van der Waals surface area contributed by atoms with Crippen molar-refractivity contribution in [3.8, 4) is 5.75 Å². The number of fused-ring (bicyclic) bond motifs is 1. The van der Waals surface area contributed by atoms with E-state index >= 15 is 0 Å². The number of hydrogen-bond acceptors (Lipinski definition) is 5. The van der Waals surface area contributed by atoms with Gasteiger partial charge in [-0.05, 0) is 29.1 Å². The van der Waals surface area contributed by atoms with Crippen molar-refractivity contribution in [2.45, 2.75) is 17.3 Å². The van der Waals surface area contributed by atoms with Gasteiger partial charge in [0.1, 0.15) is 12.4 Å². The molecule has 6 heteroatoms. The lowest BCUT2D eigenvalue weighted by Crippen LogP contribution is -2.08. The Labute approximate surface area is 152 Å². The fourth-order valence-corrected chi connectivity index (χ4v) is 4.38. The van der Waals surface area contributed by atoms with Crippen LogP contribution in [0.5, 0.6) is 5.75 Å². The molecule has 0 aliphatic heterocycles. The summed E-state index contributed by atoms with van der Waals surface area (Å²) in [5.74, 6) is 0.411. The summed E-state index contributed by atoms with van der Waals surface area (Å²) in [6.45, 7) is 0.324. The Morgan fingerprint density at radius 2 is 1.73 bits per heavy atom. The molecule has 0 aliphatic rings. The van der Waals surface area contributed by atoms with Gasteiger partial charge in [-0.15, -0.1) is 0 Å². The molecule has 134 valence electrons. The molecule has 0 bridgehead atoms. The fourth-order valence-electron chi connectivity index (χ4n) is 2.96. The van der Waals surface area contributed by atoms with Gasteiger partial charge in [-0.2, -0.15) is 0 Å². The number of benzene rings is 3. The van der Waals surface area contributed by atoms with E-state index in [4.69, 9.17) is 9.47 Å². The smallest absolute Gasteiger partial charge is 0.293 e. The summed E-state index contributed by atoms with van der Waals surface area (Å²) in [4.78, 5) is 11.0. The average molecular weight is 370 g/mol. The van der Waals surface area contributed by atoms with Crippen molar-refractivity contribution in [1.29, 1.82) is 0 Å². The molecule has 3 aromatic carbocycles. The predicted octanol–water partition coefficient (Wildman–Crippen LogP) is 3.50.